The minimum Gasteiger partial charge on any atom is -0.342 e. The van der Waals surface area contributed by atoms with Gasteiger partial charge in [0.1, 0.15) is 0 Å². The molecule has 1 aliphatic carbocycles. The first-order valence-corrected chi connectivity index (χ1v) is 7.12. The van der Waals surface area contributed by atoms with Crippen LogP contribution in [0, 0.1) is 5.92 Å². The molecular formula is C13H26N4. The van der Waals surface area contributed by atoms with Crippen LogP contribution in [0.3, 0.4) is 0 Å². The number of piperidine rings is 1. The SMILES string of the molecule is CCC1CCN(C(=NC2CCCC2)NN)CC1. The van der Waals surface area contributed by atoms with Crippen LogP contribution >= 0.6 is 0 Å². The number of rotatable bonds is 2. The molecule has 2 fully saturated rings. The lowest BCUT2D eigenvalue weighted by atomic mass is 9.95. The number of likely N-dealkylation sites (tertiary alicyclic amines) is 1. The third-order valence-corrected chi connectivity index (χ3v) is 4.25. The number of nitrogens with one attached hydrogen (secondary N) is 1. The molecule has 0 aromatic carbocycles. The third-order valence-electron chi connectivity index (χ3n) is 4.25. The average Bonchev–Trinajstić information content (AvgIpc) is 2.89. The minimum absolute atomic E-state index is 0.505. The first-order valence-electron chi connectivity index (χ1n) is 7.12. The minimum atomic E-state index is 0.505. The quantitative estimate of drug-likeness (QED) is 0.334. The Morgan fingerprint density at radius 2 is 1.88 bits per heavy atom. The molecule has 0 amide bonds. The van der Waals surface area contributed by atoms with E-state index in [-0.39, 0.29) is 0 Å². The number of guanidine groups is 1. The highest BCUT2D eigenvalue weighted by Crippen LogP contribution is 2.23. The van der Waals surface area contributed by atoms with Crippen LogP contribution in [-0.2, 0) is 0 Å². The lowest BCUT2D eigenvalue weighted by molar-refractivity contribution is 0.254. The third kappa shape index (κ3) is 3.35. The first-order chi connectivity index (χ1) is 8.33. The molecule has 0 radical (unpaired) electrons. The molecule has 3 N–H and O–H groups in total. The van der Waals surface area contributed by atoms with Gasteiger partial charge in [-0.2, -0.15) is 0 Å². The van der Waals surface area contributed by atoms with E-state index in [4.69, 9.17) is 10.8 Å². The molecule has 4 heteroatoms. The van der Waals surface area contributed by atoms with Gasteiger partial charge in [-0.15, -0.1) is 0 Å². The van der Waals surface area contributed by atoms with Gasteiger partial charge in [-0.3, -0.25) is 5.43 Å². The van der Waals surface area contributed by atoms with Crippen molar-refractivity contribution in [2.24, 2.45) is 16.8 Å². The average molecular weight is 238 g/mol. The van der Waals surface area contributed by atoms with Crippen molar-refractivity contribution in [2.45, 2.75) is 57.9 Å². The summed E-state index contributed by atoms with van der Waals surface area (Å²) >= 11 is 0. The molecule has 0 aromatic rings. The van der Waals surface area contributed by atoms with Crippen LogP contribution in [0.4, 0.5) is 0 Å². The van der Waals surface area contributed by atoms with Gasteiger partial charge in [0.2, 0.25) is 5.96 Å². The zero-order chi connectivity index (χ0) is 12.1. The number of nitrogens with zero attached hydrogens (tertiary/aromatic N) is 2. The van der Waals surface area contributed by atoms with E-state index in [2.05, 4.69) is 17.2 Å². The van der Waals surface area contributed by atoms with Gasteiger partial charge in [0.25, 0.3) is 0 Å². The van der Waals surface area contributed by atoms with Crippen molar-refractivity contribution in [3.8, 4) is 0 Å². The summed E-state index contributed by atoms with van der Waals surface area (Å²) in [6.07, 6.45) is 8.98. The van der Waals surface area contributed by atoms with Gasteiger partial charge >= 0.3 is 0 Å². The van der Waals surface area contributed by atoms with Gasteiger partial charge in [0, 0.05) is 13.1 Å². The predicted octanol–water partition coefficient (Wildman–Crippen LogP) is 1.87. The smallest absolute Gasteiger partial charge is 0.208 e. The van der Waals surface area contributed by atoms with Crippen LogP contribution in [-0.4, -0.2) is 30.0 Å². The number of nitrogens with two attached hydrogens (primary N) is 1. The summed E-state index contributed by atoms with van der Waals surface area (Å²) in [6.45, 7) is 4.50. The second-order valence-electron chi connectivity index (χ2n) is 5.37. The van der Waals surface area contributed by atoms with Gasteiger partial charge in [0.05, 0.1) is 6.04 Å². The Morgan fingerprint density at radius 1 is 1.24 bits per heavy atom. The maximum absolute atomic E-state index is 5.63. The van der Waals surface area contributed by atoms with E-state index >= 15 is 0 Å². The van der Waals surface area contributed by atoms with E-state index in [1.54, 1.807) is 0 Å². The normalized spacial score (nSPS) is 24.4. The summed E-state index contributed by atoms with van der Waals surface area (Å²) in [6, 6.07) is 0.505. The highest BCUT2D eigenvalue weighted by molar-refractivity contribution is 5.79. The van der Waals surface area contributed by atoms with Crippen LogP contribution in [0.25, 0.3) is 0 Å². The highest BCUT2D eigenvalue weighted by Gasteiger charge is 2.22. The standard InChI is InChI=1S/C13H26N4/c1-2-11-7-9-17(10-8-11)13(16-14)15-12-5-3-4-6-12/h11-12H,2-10,14H2,1H3,(H,15,16). The van der Waals surface area contributed by atoms with Crippen molar-refractivity contribution in [1.29, 1.82) is 0 Å². The maximum Gasteiger partial charge on any atom is 0.208 e. The molecule has 1 saturated heterocycles. The largest absolute Gasteiger partial charge is 0.342 e. The highest BCUT2D eigenvalue weighted by atomic mass is 15.4. The summed E-state index contributed by atoms with van der Waals surface area (Å²) in [5.74, 6) is 7.45. The van der Waals surface area contributed by atoms with Gasteiger partial charge in [-0.1, -0.05) is 26.2 Å². The first kappa shape index (κ1) is 12.7. The fraction of sp³-hybridized carbons (Fsp3) is 0.923. The van der Waals surface area contributed by atoms with Crippen LogP contribution < -0.4 is 11.3 Å². The van der Waals surface area contributed by atoms with Crippen LogP contribution in [0.15, 0.2) is 4.99 Å². The molecule has 0 unspecified atom stereocenters. The van der Waals surface area contributed by atoms with E-state index in [1.807, 2.05) is 0 Å². The topological polar surface area (TPSA) is 53.6 Å². The number of aliphatic imine (C=N–C) groups is 1. The van der Waals surface area contributed by atoms with Crippen molar-refractivity contribution in [3.63, 3.8) is 0 Å². The molecule has 0 bridgehead atoms. The number of hydrogen-bond acceptors (Lipinski definition) is 2. The number of hydrogen-bond donors (Lipinski definition) is 2. The lowest BCUT2D eigenvalue weighted by Crippen LogP contribution is -2.48. The molecule has 17 heavy (non-hydrogen) atoms. The van der Waals surface area contributed by atoms with Crippen LogP contribution in [0.1, 0.15) is 51.9 Å². The molecule has 98 valence electrons. The van der Waals surface area contributed by atoms with E-state index in [0.717, 1.165) is 25.0 Å². The Balaban J connectivity index is 1.89. The van der Waals surface area contributed by atoms with E-state index in [9.17, 15) is 0 Å². The van der Waals surface area contributed by atoms with Crippen LogP contribution in [0.2, 0.25) is 0 Å². The number of hydrazine groups is 1. The molecule has 0 spiro atoms. The molecule has 4 nitrogen and oxygen atoms in total. The van der Waals surface area contributed by atoms with Crippen molar-refractivity contribution >= 4 is 5.96 Å². The Kier molecular flexibility index (Phi) is 4.66. The fourth-order valence-corrected chi connectivity index (χ4v) is 2.97. The second kappa shape index (κ2) is 6.24. The van der Waals surface area contributed by atoms with Crippen LogP contribution in [0.5, 0.6) is 0 Å². The maximum atomic E-state index is 5.63. The molecule has 1 aliphatic heterocycles. The Labute approximate surface area is 105 Å². The second-order valence-corrected chi connectivity index (χ2v) is 5.37. The molecule has 2 rings (SSSR count). The Morgan fingerprint density at radius 3 is 2.41 bits per heavy atom. The molecule has 1 heterocycles. The molecule has 2 aliphatic rings. The summed E-state index contributed by atoms with van der Waals surface area (Å²) < 4.78 is 0. The van der Waals surface area contributed by atoms with E-state index in [0.29, 0.717) is 6.04 Å². The van der Waals surface area contributed by atoms with Crippen molar-refractivity contribution in [2.75, 3.05) is 13.1 Å². The Bertz CT molecular complexity index is 250. The zero-order valence-corrected chi connectivity index (χ0v) is 11.0. The predicted molar refractivity (Wildman–Crippen MR) is 71.6 cm³/mol. The summed E-state index contributed by atoms with van der Waals surface area (Å²) in [5, 5.41) is 0. The van der Waals surface area contributed by atoms with Gasteiger partial charge in [-0.05, 0) is 31.6 Å². The monoisotopic (exact) mass is 238 g/mol. The molecule has 0 atom stereocenters. The Hall–Kier alpha value is -0.770. The molecule has 1 saturated carbocycles. The summed E-state index contributed by atoms with van der Waals surface area (Å²) in [5.41, 5.74) is 2.81. The zero-order valence-electron chi connectivity index (χ0n) is 11.0. The van der Waals surface area contributed by atoms with Gasteiger partial charge < -0.3 is 4.90 Å². The van der Waals surface area contributed by atoms with E-state index in [1.165, 1.54) is 44.9 Å². The summed E-state index contributed by atoms with van der Waals surface area (Å²) in [4.78, 5) is 7.10. The lowest BCUT2D eigenvalue weighted by Gasteiger charge is -2.33. The van der Waals surface area contributed by atoms with Crippen molar-refractivity contribution < 1.29 is 0 Å². The molecule has 0 aromatic heterocycles. The van der Waals surface area contributed by atoms with E-state index < -0.39 is 0 Å². The fourth-order valence-electron chi connectivity index (χ4n) is 2.97. The summed E-state index contributed by atoms with van der Waals surface area (Å²) in [7, 11) is 0. The van der Waals surface area contributed by atoms with Crippen molar-refractivity contribution in [1.82, 2.24) is 10.3 Å². The van der Waals surface area contributed by atoms with Crippen molar-refractivity contribution in [3.05, 3.63) is 0 Å². The van der Waals surface area contributed by atoms with Gasteiger partial charge in [-0.25, -0.2) is 10.8 Å². The molecular weight excluding hydrogens is 212 g/mol. The van der Waals surface area contributed by atoms with Gasteiger partial charge in [0.15, 0.2) is 0 Å².